The zero-order valence-electron chi connectivity index (χ0n) is 17.5. The molecule has 1 amide bonds. The van der Waals surface area contributed by atoms with Crippen molar-refractivity contribution in [2.24, 2.45) is 0 Å². The first-order valence-corrected chi connectivity index (χ1v) is 11.5. The zero-order valence-corrected chi connectivity index (χ0v) is 18.3. The minimum atomic E-state index is -3.71. The van der Waals surface area contributed by atoms with Gasteiger partial charge in [0.15, 0.2) is 11.5 Å². The van der Waals surface area contributed by atoms with Crippen molar-refractivity contribution in [1.29, 1.82) is 0 Å². The summed E-state index contributed by atoms with van der Waals surface area (Å²) in [4.78, 5) is 27.1. The number of benzene rings is 1. The second kappa shape index (κ2) is 8.35. The number of aromatic nitrogens is 1. The first-order valence-electron chi connectivity index (χ1n) is 10.1. The van der Waals surface area contributed by atoms with Gasteiger partial charge in [-0.3, -0.25) is 9.59 Å². The number of sulfonamides is 1. The molecule has 1 atom stereocenters. The smallest absolute Gasteiger partial charge is 0.251 e. The first-order chi connectivity index (χ1) is 14.8. The van der Waals surface area contributed by atoms with Gasteiger partial charge < -0.3 is 18.9 Å². The van der Waals surface area contributed by atoms with Crippen LogP contribution in [0.15, 0.2) is 46.2 Å². The number of pyridine rings is 1. The Morgan fingerprint density at radius 1 is 1.13 bits per heavy atom. The van der Waals surface area contributed by atoms with E-state index in [0.29, 0.717) is 31.3 Å². The van der Waals surface area contributed by atoms with Gasteiger partial charge in [-0.2, -0.15) is 0 Å². The Balaban J connectivity index is 1.57. The van der Waals surface area contributed by atoms with E-state index in [1.807, 2.05) is 18.2 Å². The summed E-state index contributed by atoms with van der Waals surface area (Å²) in [6.45, 7) is 1.34. The minimum absolute atomic E-state index is 0.0327. The average molecular weight is 448 g/mol. The predicted molar refractivity (Wildman–Crippen MR) is 113 cm³/mol. The quantitative estimate of drug-likeness (QED) is 0.684. The van der Waals surface area contributed by atoms with Crippen LogP contribution in [-0.2, 0) is 21.4 Å². The van der Waals surface area contributed by atoms with Gasteiger partial charge in [0, 0.05) is 32.9 Å². The molecule has 0 aliphatic carbocycles. The lowest BCUT2D eigenvalue weighted by Gasteiger charge is -2.27. The van der Waals surface area contributed by atoms with E-state index in [1.54, 1.807) is 4.90 Å². The minimum Gasteiger partial charge on any atom is -0.486 e. The number of hydrogen-bond donors (Lipinski definition) is 0. The summed E-state index contributed by atoms with van der Waals surface area (Å²) in [6, 6.07) is 7.98. The molecular formula is C21H25N3O6S. The van der Waals surface area contributed by atoms with Crippen LogP contribution in [0, 0.1) is 0 Å². The summed E-state index contributed by atoms with van der Waals surface area (Å²) >= 11 is 0. The number of rotatable bonds is 5. The number of fused-ring (bicyclic) bond motifs is 1. The van der Waals surface area contributed by atoms with Crippen molar-refractivity contribution in [3.63, 3.8) is 0 Å². The second-order valence-electron chi connectivity index (χ2n) is 7.77. The van der Waals surface area contributed by atoms with Gasteiger partial charge in [-0.25, -0.2) is 12.7 Å². The van der Waals surface area contributed by atoms with E-state index in [9.17, 15) is 18.0 Å². The van der Waals surface area contributed by atoms with Crippen molar-refractivity contribution < 1.29 is 22.7 Å². The molecule has 2 aliphatic rings. The van der Waals surface area contributed by atoms with Crippen molar-refractivity contribution in [2.75, 3.05) is 33.9 Å². The standard InChI is InChI=1S/C21H25N3O6S/c1-22(2)31(27,28)16-6-8-20(25)23(13-16)14-21(26)24-9-3-4-17(24)15-5-7-18-19(12-15)30-11-10-29-18/h5-8,12-13,17H,3-4,9-11,14H2,1-2H3. The molecule has 31 heavy (non-hydrogen) atoms. The van der Waals surface area contributed by atoms with E-state index in [4.69, 9.17) is 9.47 Å². The van der Waals surface area contributed by atoms with Crippen LogP contribution in [0.1, 0.15) is 24.4 Å². The zero-order chi connectivity index (χ0) is 22.2. The Morgan fingerprint density at radius 2 is 1.87 bits per heavy atom. The number of carbonyl (C=O) groups excluding carboxylic acids is 1. The maximum Gasteiger partial charge on any atom is 0.251 e. The fourth-order valence-electron chi connectivity index (χ4n) is 3.91. The van der Waals surface area contributed by atoms with Crippen LogP contribution in [0.25, 0.3) is 0 Å². The topological polar surface area (TPSA) is 98.2 Å². The molecule has 2 aliphatic heterocycles. The summed E-state index contributed by atoms with van der Waals surface area (Å²) in [7, 11) is -0.881. The molecule has 0 N–H and O–H groups in total. The molecule has 1 fully saturated rings. The third-order valence-corrected chi connectivity index (χ3v) is 7.36. The van der Waals surface area contributed by atoms with Crippen molar-refractivity contribution in [2.45, 2.75) is 30.3 Å². The first kappa shape index (κ1) is 21.4. The van der Waals surface area contributed by atoms with Crippen LogP contribution < -0.4 is 15.0 Å². The normalized spacial score (nSPS) is 18.4. The molecule has 1 unspecified atom stereocenters. The summed E-state index contributed by atoms with van der Waals surface area (Å²) in [5, 5.41) is 0. The van der Waals surface area contributed by atoms with Crippen molar-refractivity contribution >= 4 is 15.9 Å². The van der Waals surface area contributed by atoms with Gasteiger partial charge in [-0.05, 0) is 36.6 Å². The second-order valence-corrected chi connectivity index (χ2v) is 9.92. The van der Waals surface area contributed by atoms with E-state index in [2.05, 4.69) is 0 Å². The fourth-order valence-corrected chi connectivity index (χ4v) is 4.83. The lowest BCUT2D eigenvalue weighted by molar-refractivity contribution is -0.132. The highest BCUT2D eigenvalue weighted by Gasteiger charge is 2.31. The monoisotopic (exact) mass is 447 g/mol. The van der Waals surface area contributed by atoms with Crippen molar-refractivity contribution in [3.05, 3.63) is 52.4 Å². The molecule has 1 aromatic heterocycles. The Hall–Kier alpha value is -2.85. The van der Waals surface area contributed by atoms with Crippen LogP contribution in [0.5, 0.6) is 11.5 Å². The highest BCUT2D eigenvalue weighted by molar-refractivity contribution is 7.89. The van der Waals surface area contributed by atoms with Crippen molar-refractivity contribution in [3.8, 4) is 11.5 Å². The molecule has 3 heterocycles. The summed E-state index contributed by atoms with van der Waals surface area (Å²) < 4.78 is 38.2. The summed E-state index contributed by atoms with van der Waals surface area (Å²) in [5.41, 5.74) is 0.521. The fraction of sp³-hybridized carbons (Fsp3) is 0.429. The van der Waals surface area contributed by atoms with Gasteiger partial charge >= 0.3 is 0 Å². The summed E-state index contributed by atoms with van der Waals surface area (Å²) in [6.07, 6.45) is 2.87. The molecule has 0 saturated carbocycles. The average Bonchev–Trinajstić information content (AvgIpc) is 3.25. The lowest BCUT2D eigenvalue weighted by atomic mass is 10.0. The number of hydrogen-bond acceptors (Lipinski definition) is 6. The predicted octanol–water partition coefficient (Wildman–Crippen LogP) is 1.23. The van der Waals surface area contributed by atoms with E-state index in [-0.39, 0.29) is 23.4 Å². The molecule has 1 saturated heterocycles. The van der Waals surface area contributed by atoms with Gasteiger partial charge in [0.25, 0.3) is 5.56 Å². The molecule has 10 heteroatoms. The van der Waals surface area contributed by atoms with Gasteiger partial charge in [0.1, 0.15) is 19.8 Å². The van der Waals surface area contributed by atoms with Crippen LogP contribution in [0.4, 0.5) is 0 Å². The Labute approximate surface area is 180 Å². The van der Waals surface area contributed by atoms with Crippen LogP contribution in [-0.4, -0.2) is 62.0 Å². The highest BCUT2D eigenvalue weighted by Crippen LogP contribution is 2.38. The van der Waals surface area contributed by atoms with E-state index < -0.39 is 15.6 Å². The maximum absolute atomic E-state index is 13.1. The summed E-state index contributed by atoms with van der Waals surface area (Å²) in [5.74, 6) is 1.12. The molecule has 0 spiro atoms. The number of ether oxygens (including phenoxy) is 2. The number of carbonyl (C=O) groups is 1. The molecule has 2 aromatic rings. The van der Waals surface area contributed by atoms with E-state index in [0.717, 1.165) is 27.3 Å². The molecule has 166 valence electrons. The van der Waals surface area contributed by atoms with Crippen molar-refractivity contribution in [1.82, 2.24) is 13.8 Å². The Morgan fingerprint density at radius 3 is 2.61 bits per heavy atom. The maximum atomic E-state index is 13.1. The van der Waals surface area contributed by atoms with E-state index in [1.165, 1.54) is 32.4 Å². The van der Waals surface area contributed by atoms with Gasteiger partial charge in [0.05, 0.1) is 10.9 Å². The molecule has 4 rings (SSSR count). The Kier molecular flexibility index (Phi) is 5.76. The van der Waals surface area contributed by atoms with Gasteiger partial charge in [-0.1, -0.05) is 6.07 Å². The third-order valence-electron chi connectivity index (χ3n) is 5.56. The van der Waals surface area contributed by atoms with Crippen LogP contribution in [0.2, 0.25) is 0 Å². The molecule has 0 radical (unpaired) electrons. The van der Waals surface area contributed by atoms with E-state index >= 15 is 0 Å². The van der Waals surface area contributed by atoms with Crippen LogP contribution in [0.3, 0.4) is 0 Å². The molecule has 0 bridgehead atoms. The third kappa shape index (κ3) is 4.17. The molecule has 1 aromatic carbocycles. The number of nitrogens with zero attached hydrogens (tertiary/aromatic N) is 3. The number of likely N-dealkylation sites (tertiary alicyclic amines) is 1. The SMILES string of the molecule is CN(C)S(=O)(=O)c1ccc(=O)n(CC(=O)N2CCCC2c2ccc3c(c2)OCCO3)c1. The molecule has 9 nitrogen and oxygen atoms in total. The van der Waals surface area contributed by atoms with Crippen LogP contribution >= 0.6 is 0 Å². The van der Waals surface area contributed by atoms with Gasteiger partial charge in [0.2, 0.25) is 15.9 Å². The largest absolute Gasteiger partial charge is 0.486 e. The Bertz CT molecular complexity index is 1160. The molecular weight excluding hydrogens is 422 g/mol. The van der Waals surface area contributed by atoms with Gasteiger partial charge in [-0.15, -0.1) is 0 Å². The number of amides is 1. The lowest BCUT2D eigenvalue weighted by Crippen LogP contribution is -2.36. The highest BCUT2D eigenvalue weighted by atomic mass is 32.2.